The molecule has 3 heterocycles. The van der Waals surface area contributed by atoms with E-state index in [1.54, 1.807) is 41.5 Å². The molecule has 8 nitrogen and oxygen atoms in total. The molecular formula is C15H14ClN5O3. The van der Waals surface area contributed by atoms with Crippen LogP contribution in [0.5, 0.6) is 0 Å². The molecule has 3 aromatic heterocycles. The zero-order valence-corrected chi connectivity index (χ0v) is 13.3. The number of aromatic nitrogens is 4. The number of nitrogens with one attached hydrogen (secondary N) is 1. The van der Waals surface area contributed by atoms with Crippen molar-refractivity contribution in [2.24, 2.45) is 0 Å². The summed E-state index contributed by atoms with van der Waals surface area (Å²) in [6, 6.07) is 4.98. The third-order valence-electron chi connectivity index (χ3n) is 2.97. The SMILES string of the molecule is O=C(OCCNc1ncccn1)c1ccc(Cn2cc(Cl)cn2)o1. The molecule has 0 saturated carbocycles. The average molecular weight is 348 g/mol. The molecule has 9 heteroatoms. The monoisotopic (exact) mass is 347 g/mol. The van der Waals surface area contributed by atoms with Crippen molar-refractivity contribution in [3.05, 3.63) is 59.5 Å². The predicted molar refractivity (Wildman–Crippen MR) is 85.9 cm³/mol. The molecule has 0 aliphatic carbocycles. The summed E-state index contributed by atoms with van der Waals surface area (Å²) in [6.07, 6.45) is 6.44. The highest BCUT2D eigenvalue weighted by molar-refractivity contribution is 6.30. The van der Waals surface area contributed by atoms with Gasteiger partial charge in [0.15, 0.2) is 0 Å². The third kappa shape index (κ3) is 4.32. The summed E-state index contributed by atoms with van der Waals surface area (Å²) in [5, 5.41) is 7.52. The molecule has 0 saturated heterocycles. The van der Waals surface area contributed by atoms with E-state index in [9.17, 15) is 4.79 Å². The van der Waals surface area contributed by atoms with Crippen LogP contribution in [0, 0.1) is 0 Å². The molecule has 0 aromatic carbocycles. The molecule has 0 unspecified atom stereocenters. The topological polar surface area (TPSA) is 95.1 Å². The van der Waals surface area contributed by atoms with Crippen molar-refractivity contribution in [2.45, 2.75) is 6.54 Å². The van der Waals surface area contributed by atoms with E-state index in [4.69, 9.17) is 20.8 Å². The molecule has 24 heavy (non-hydrogen) atoms. The Morgan fingerprint density at radius 2 is 2.17 bits per heavy atom. The summed E-state index contributed by atoms with van der Waals surface area (Å²) in [7, 11) is 0. The van der Waals surface area contributed by atoms with E-state index in [0.717, 1.165) is 0 Å². The van der Waals surface area contributed by atoms with E-state index in [1.807, 2.05) is 0 Å². The molecule has 0 bridgehead atoms. The summed E-state index contributed by atoms with van der Waals surface area (Å²) in [5.41, 5.74) is 0. The number of rotatable bonds is 7. The van der Waals surface area contributed by atoms with Gasteiger partial charge < -0.3 is 14.5 Å². The van der Waals surface area contributed by atoms with Crippen LogP contribution in [0.15, 0.2) is 47.4 Å². The smallest absolute Gasteiger partial charge is 0.374 e. The Bertz CT molecular complexity index is 802. The van der Waals surface area contributed by atoms with E-state index >= 15 is 0 Å². The van der Waals surface area contributed by atoms with Crippen LogP contribution < -0.4 is 5.32 Å². The first-order valence-electron chi connectivity index (χ1n) is 7.15. The van der Waals surface area contributed by atoms with Crippen molar-refractivity contribution in [2.75, 3.05) is 18.5 Å². The quantitative estimate of drug-likeness (QED) is 0.517. The number of carbonyl (C=O) groups excluding carboxylic acids is 1. The lowest BCUT2D eigenvalue weighted by Gasteiger charge is -2.04. The Balaban J connectivity index is 1.45. The van der Waals surface area contributed by atoms with Crippen molar-refractivity contribution in [1.29, 1.82) is 0 Å². The van der Waals surface area contributed by atoms with Gasteiger partial charge in [-0.2, -0.15) is 5.10 Å². The molecule has 0 radical (unpaired) electrons. The molecular weight excluding hydrogens is 334 g/mol. The van der Waals surface area contributed by atoms with Crippen LogP contribution in [0.2, 0.25) is 5.02 Å². The first-order chi connectivity index (χ1) is 11.7. The highest BCUT2D eigenvalue weighted by Gasteiger charge is 2.13. The maximum Gasteiger partial charge on any atom is 0.374 e. The second-order valence-corrected chi connectivity index (χ2v) is 5.19. The molecule has 0 fully saturated rings. The van der Waals surface area contributed by atoms with Gasteiger partial charge in [-0.1, -0.05) is 11.6 Å². The molecule has 1 N–H and O–H groups in total. The molecule has 0 amide bonds. The van der Waals surface area contributed by atoms with Gasteiger partial charge in [0.1, 0.15) is 12.4 Å². The minimum Gasteiger partial charge on any atom is -0.458 e. The average Bonchev–Trinajstić information content (AvgIpc) is 3.22. The lowest BCUT2D eigenvalue weighted by molar-refractivity contribution is 0.0482. The van der Waals surface area contributed by atoms with Crippen LogP contribution in [0.1, 0.15) is 16.3 Å². The van der Waals surface area contributed by atoms with E-state index in [0.29, 0.717) is 29.8 Å². The Labute approximate surface area is 142 Å². The minimum absolute atomic E-state index is 0.138. The maximum atomic E-state index is 11.9. The fraction of sp³-hybridized carbons (Fsp3) is 0.200. The first kappa shape index (κ1) is 16.0. The first-order valence-corrected chi connectivity index (χ1v) is 7.53. The zero-order chi connectivity index (χ0) is 16.8. The van der Waals surface area contributed by atoms with Gasteiger partial charge in [0.2, 0.25) is 11.7 Å². The number of hydrogen-bond donors (Lipinski definition) is 1. The number of ether oxygens (including phenoxy) is 1. The number of hydrogen-bond acceptors (Lipinski definition) is 7. The van der Waals surface area contributed by atoms with Crippen LogP contribution in [0.25, 0.3) is 0 Å². The largest absolute Gasteiger partial charge is 0.458 e. The fourth-order valence-corrected chi connectivity index (χ4v) is 2.08. The number of carbonyl (C=O) groups is 1. The van der Waals surface area contributed by atoms with Gasteiger partial charge in [-0.3, -0.25) is 4.68 Å². The Hall–Kier alpha value is -2.87. The van der Waals surface area contributed by atoms with E-state index in [1.165, 1.54) is 6.20 Å². The lowest BCUT2D eigenvalue weighted by atomic mass is 10.4. The van der Waals surface area contributed by atoms with Gasteiger partial charge in [0.25, 0.3) is 0 Å². The highest BCUT2D eigenvalue weighted by atomic mass is 35.5. The van der Waals surface area contributed by atoms with E-state index in [-0.39, 0.29) is 12.4 Å². The van der Waals surface area contributed by atoms with E-state index in [2.05, 4.69) is 20.4 Å². The second-order valence-electron chi connectivity index (χ2n) is 4.76. The maximum absolute atomic E-state index is 11.9. The van der Waals surface area contributed by atoms with Crippen molar-refractivity contribution >= 4 is 23.5 Å². The highest BCUT2D eigenvalue weighted by Crippen LogP contribution is 2.12. The van der Waals surface area contributed by atoms with Crippen LogP contribution in [0.3, 0.4) is 0 Å². The van der Waals surface area contributed by atoms with Gasteiger partial charge in [-0.15, -0.1) is 0 Å². The number of anilines is 1. The van der Waals surface area contributed by atoms with Crippen LogP contribution in [-0.2, 0) is 11.3 Å². The van der Waals surface area contributed by atoms with Gasteiger partial charge in [-0.25, -0.2) is 14.8 Å². The number of furan rings is 1. The summed E-state index contributed by atoms with van der Waals surface area (Å²) >= 11 is 5.79. The molecule has 0 atom stereocenters. The Morgan fingerprint density at radius 3 is 2.92 bits per heavy atom. The van der Waals surface area contributed by atoms with Gasteiger partial charge in [0.05, 0.1) is 24.3 Å². The molecule has 3 rings (SSSR count). The van der Waals surface area contributed by atoms with Crippen LogP contribution in [-0.4, -0.2) is 38.9 Å². The number of esters is 1. The molecule has 0 spiro atoms. The zero-order valence-electron chi connectivity index (χ0n) is 12.6. The normalized spacial score (nSPS) is 10.5. The summed E-state index contributed by atoms with van der Waals surface area (Å²) in [5.74, 6) is 0.666. The standard InChI is InChI=1S/C15H14ClN5O3/c16-11-8-20-21(9-11)10-12-2-3-13(24-12)14(22)23-7-6-19-15-17-4-1-5-18-15/h1-5,8-9H,6-7,10H2,(H,17,18,19). The van der Waals surface area contributed by atoms with Gasteiger partial charge in [-0.05, 0) is 18.2 Å². The second kappa shape index (κ2) is 7.60. The van der Waals surface area contributed by atoms with Crippen LogP contribution in [0.4, 0.5) is 5.95 Å². The Kier molecular flexibility index (Phi) is 5.07. The van der Waals surface area contributed by atoms with Gasteiger partial charge >= 0.3 is 5.97 Å². The van der Waals surface area contributed by atoms with E-state index < -0.39 is 5.97 Å². The fourth-order valence-electron chi connectivity index (χ4n) is 1.93. The van der Waals surface area contributed by atoms with Crippen molar-refractivity contribution in [1.82, 2.24) is 19.7 Å². The summed E-state index contributed by atoms with van der Waals surface area (Å²) in [4.78, 5) is 19.9. The number of halogens is 1. The Morgan fingerprint density at radius 1 is 1.33 bits per heavy atom. The van der Waals surface area contributed by atoms with Crippen molar-refractivity contribution in [3.8, 4) is 0 Å². The van der Waals surface area contributed by atoms with Crippen molar-refractivity contribution < 1.29 is 13.9 Å². The van der Waals surface area contributed by atoms with Crippen LogP contribution >= 0.6 is 11.6 Å². The number of nitrogens with zero attached hydrogens (tertiary/aromatic N) is 4. The molecule has 124 valence electrons. The van der Waals surface area contributed by atoms with Crippen molar-refractivity contribution in [3.63, 3.8) is 0 Å². The summed E-state index contributed by atoms with van der Waals surface area (Å²) < 4.78 is 12.2. The van der Waals surface area contributed by atoms with Gasteiger partial charge in [0, 0.05) is 18.6 Å². The third-order valence-corrected chi connectivity index (χ3v) is 3.16. The molecule has 0 aliphatic rings. The predicted octanol–water partition coefficient (Wildman–Crippen LogP) is 2.24. The molecule has 0 aliphatic heterocycles. The lowest BCUT2D eigenvalue weighted by Crippen LogP contribution is -2.14. The summed E-state index contributed by atoms with van der Waals surface area (Å²) in [6.45, 7) is 0.948. The minimum atomic E-state index is -0.532. The molecule has 3 aromatic rings.